The van der Waals surface area contributed by atoms with E-state index >= 15 is 0 Å². The van der Waals surface area contributed by atoms with Crippen LogP contribution in [0, 0.1) is 5.92 Å². The standard InChI is InChI=1S/C16H27NO2/c1-4-13(5-2)12-19-15-8-6-7-14(9-15)10-16(11-17)18-3/h6-9,13,16H,4-5,10-12,17H2,1-3H3. The highest BCUT2D eigenvalue weighted by molar-refractivity contribution is 5.29. The summed E-state index contributed by atoms with van der Waals surface area (Å²) in [4.78, 5) is 0. The number of hydrogen-bond acceptors (Lipinski definition) is 3. The molecule has 1 rings (SSSR count). The van der Waals surface area contributed by atoms with E-state index in [-0.39, 0.29) is 6.10 Å². The van der Waals surface area contributed by atoms with Crippen LogP contribution in [0.3, 0.4) is 0 Å². The Morgan fingerprint density at radius 1 is 1.21 bits per heavy atom. The minimum absolute atomic E-state index is 0.0780. The molecule has 0 aliphatic carbocycles. The van der Waals surface area contributed by atoms with E-state index in [9.17, 15) is 0 Å². The summed E-state index contributed by atoms with van der Waals surface area (Å²) in [5.41, 5.74) is 6.86. The molecular weight excluding hydrogens is 238 g/mol. The monoisotopic (exact) mass is 265 g/mol. The quantitative estimate of drug-likeness (QED) is 0.746. The lowest BCUT2D eigenvalue weighted by molar-refractivity contribution is 0.110. The smallest absolute Gasteiger partial charge is 0.119 e. The van der Waals surface area contributed by atoms with Crippen molar-refractivity contribution in [3.8, 4) is 5.75 Å². The van der Waals surface area contributed by atoms with E-state index in [0.717, 1.165) is 31.6 Å². The Hall–Kier alpha value is -1.06. The van der Waals surface area contributed by atoms with Crippen LogP contribution < -0.4 is 10.5 Å². The second-order valence-corrected chi connectivity index (χ2v) is 4.94. The molecule has 0 bridgehead atoms. The molecule has 0 aliphatic rings. The van der Waals surface area contributed by atoms with Gasteiger partial charge in [-0.3, -0.25) is 0 Å². The molecule has 1 aromatic carbocycles. The Labute approximate surface area is 117 Å². The SMILES string of the molecule is CCC(CC)COc1cccc(CC(CN)OC)c1. The molecule has 0 fully saturated rings. The Morgan fingerprint density at radius 2 is 1.95 bits per heavy atom. The first-order valence-corrected chi connectivity index (χ1v) is 7.18. The predicted molar refractivity (Wildman–Crippen MR) is 79.6 cm³/mol. The molecule has 0 aromatic heterocycles. The van der Waals surface area contributed by atoms with Crippen molar-refractivity contribution in [2.75, 3.05) is 20.3 Å². The lowest BCUT2D eigenvalue weighted by Gasteiger charge is -2.16. The molecule has 3 nitrogen and oxygen atoms in total. The summed E-state index contributed by atoms with van der Waals surface area (Å²) in [5.74, 6) is 1.58. The Morgan fingerprint density at radius 3 is 2.53 bits per heavy atom. The third-order valence-corrected chi connectivity index (χ3v) is 3.60. The van der Waals surface area contributed by atoms with E-state index in [1.54, 1.807) is 7.11 Å². The number of hydrogen-bond donors (Lipinski definition) is 1. The highest BCUT2D eigenvalue weighted by atomic mass is 16.5. The third kappa shape index (κ3) is 5.62. The molecule has 0 spiro atoms. The van der Waals surface area contributed by atoms with Gasteiger partial charge in [0.05, 0.1) is 12.7 Å². The molecule has 0 radical (unpaired) electrons. The van der Waals surface area contributed by atoms with E-state index in [1.165, 1.54) is 5.56 Å². The largest absolute Gasteiger partial charge is 0.493 e. The molecule has 0 amide bonds. The van der Waals surface area contributed by atoms with Gasteiger partial charge in [0.25, 0.3) is 0 Å². The van der Waals surface area contributed by atoms with Crippen molar-refractivity contribution >= 4 is 0 Å². The van der Waals surface area contributed by atoms with Crippen LogP contribution in [0.4, 0.5) is 0 Å². The minimum atomic E-state index is 0.0780. The van der Waals surface area contributed by atoms with Gasteiger partial charge in [0.15, 0.2) is 0 Å². The summed E-state index contributed by atoms with van der Waals surface area (Å²) in [6.07, 6.45) is 3.23. The van der Waals surface area contributed by atoms with Crippen molar-refractivity contribution in [3.05, 3.63) is 29.8 Å². The third-order valence-electron chi connectivity index (χ3n) is 3.60. The summed E-state index contributed by atoms with van der Waals surface area (Å²) >= 11 is 0. The number of methoxy groups -OCH3 is 1. The Bertz CT molecular complexity index is 346. The molecule has 0 saturated heterocycles. The van der Waals surface area contributed by atoms with Crippen molar-refractivity contribution in [1.82, 2.24) is 0 Å². The molecule has 3 heteroatoms. The van der Waals surface area contributed by atoms with Crippen molar-refractivity contribution < 1.29 is 9.47 Å². The summed E-state index contributed by atoms with van der Waals surface area (Å²) < 4.78 is 11.2. The highest BCUT2D eigenvalue weighted by Crippen LogP contribution is 2.17. The lowest BCUT2D eigenvalue weighted by atomic mass is 10.1. The van der Waals surface area contributed by atoms with Crippen LogP contribution in [0.2, 0.25) is 0 Å². The average molecular weight is 265 g/mol. The van der Waals surface area contributed by atoms with E-state index in [4.69, 9.17) is 15.2 Å². The first-order chi connectivity index (χ1) is 9.23. The van der Waals surface area contributed by atoms with Gasteiger partial charge in [0.1, 0.15) is 5.75 Å². The predicted octanol–water partition coefficient (Wildman–Crippen LogP) is 3.02. The Kier molecular flexibility index (Phi) is 7.53. The van der Waals surface area contributed by atoms with Gasteiger partial charge in [-0.05, 0) is 30.0 Å². The zero-order valence-electron chi connectivity index (χ0n) is 12.4. The first kappa shape index (κ1) is 16.0. The van der Waals surface area contributed by atoms with Gasteiger partial charge in [-0.15, -0.1) is 0 Å². The van der Waals surface area contributed by atoms with Crippen LogP contribution in [0.25, 0.3) is 0 Å². The second kappa shape index (κ2) is 8.94. The van der Waals surface area contributed by atoms with Crippen molar-refractivity contribution in [2.45, 2.75) is 39.2 Å². The topological polar surface area (TPSA) is 44.5 Å². The molecule has 0 aliphatic heterocycles. The van der Waals surface area contributed by atoms with Crippen LogP contribution in [0.5, 0.6) is 5.75 Å². The minimum Gasteiger partial charge on any atom is -0.493 e. The van der Waals surface area contributed by atoms with E-state index in [0.29, 0.717) is 12.5 Å². The second-order valence-electron chi connectivity index (χ2n) is 4.94. The average Bonchev–Trinajstić information content (AvgIpc) is 2.46. The fraction of sp³-hybridized carbons (Fsp3) is 0.625. The van der Waals surface area contributed by atoms with Gasteiger partial charge in [-0.2, -0.15) is 0 Å². The number of benzene rings is 1. The van der Waals surface area contributed by atoms with E-state index < -0.39 is 0 Å². The molecule has 0 heterocycles. The molecule has 1 unspecified atom stereocenters. The van der Waals surface area contributed by atoms with E-state index in [1.807, 2.05) is 12.1 Å². The molecule has 108 valence electrons. The van der Waals surface area contributed by atoms with Crippen LogP contribution in [0.15, 0.2) is 24.3 Å². The normalized spacial score (nSPS) is 12.7. The maximum atomic E-state index is 5.87. The van der Waals surface area contributed by atoms with Gasteiger partial charge < -0.3 is 15.2 Å². The van der Waals surface area contributed by atoms with Crippen LogP contribution >= 0.6 is 0 Å². The summed E-state index contributed by atoms with van der Waals surface area (Å²) in [7, 11) is 1.70. The number of ether oxygens (including phenoxy) is 2. The summed E-state index contributed by atoms with van der Waals surface area (Å²) in [5, 5.41) is 0. The fourth-order valence-electron chi connectivity index (χ4n) is 2.03. The first-order valence-electron chi connectivity index (χ1n) is 7.18. The van der Waals surface area contributed by atoms with Gasteiger partial charge >= 0.3 is 0 Å². The molecular formula is C16H27NO2. The fourth-order valence-corrected chi connectivity index (χ4v) is 2.03. The molecule has 1 atom stereocenters. The van der Waals surface area contributed by atoms with Crippen molar-refractivity contribution in [3.63, 3.8) is 0 Å². The van der Waals surface area contributed by atoms with Crippen LogP contribution in [-0.2, 0) is 11.2 Å². The molecule has 1 aromatic rings. The van der Waals surface area contributed by atoms with Gasteiger partial charge in [-0.1, -0.05) is 38.8 Å². The lowest BCUT2D eigenvalue weighted by Crippen LogP contribution is -2.24. The highest BCUT2D eigenvalue weighted by Gasteiger charge is 2.08. The van der Waals surface area contributed by atoms with Gasteiger partial charge in [0, 0.05) is 13.7 Å². The maximum absolute atomic E-state index is 5.87. The van der Waals surface area contributed by atoms with Crippen molar-refractivity contribution in [1.29, 1.82) is 0 Å². The van der Waals surface area contributed by atoms with E-state index in [2.05, 4.69) is 26.0 Å². The Balaban J connectivity index is 2.56. The van der Waals surface area contributed by atoms with Gasteiger partial charge in [-0.25, -0.2) is 0 Å². The summed E-state index contributed by atoms with van der Waals surface area (Å²) in [6.45, 7) is 5.74. The summed E-state index contributed by atoms with van der Waals surface area (Å²) in [6, 6.07) is 8.21. The number of rotatable bonds is 9. The van der Waals surface area contributed by atoms with Crippen LogP contribution in [0.1, 0.15) is 32.3 Å². The van der Waals surface area contributed by atoms with Crippen molar-refractivity contribution in [2.24, 2.45) is 11.7 Å². The molecule has 19 heavy (non-hydrogen) atoms. The maximum Gasteiger partial charge on any atom is 0.119 e. The molecule has 2 N–H and O–H groups in total. The zero-order chi connectivity index (χ0) is 14.1. The number of nitrogens with two attached hydrogens (primary N) is 1. The zero-order valence-corrected chi connectivity index (χ0v) is 12.4. The van der Waals surface area contributed by atoms with Gasteiger partial charge in [0.2, 0.25) is 0 Å². The molecule has 0 saturated carbocycles. The van der Waals surface area contributed by atoms with Crippen LogP contribution in [-0.4, -0.2) is 26.4 Å².